The fourth-order valence-corrected chi connectivity index (χ4v) is 4.19. The van der Waals surface area contributed by atoms with E-state index in [0.717, 1.165) is 37.4 Å². The second kappa shape index (κ2) is 21.4. The molecule has 0 spiro atoms. The predicted octanol–water partition coefficient (Wildman–Crippen LogP) is 8.61. The van der Waals surface area contributed by atoms with Crippen molar-refractivity contribution in [1.82, 2.24) is 0 Å². The van der Waals surface area contributed by atoms with Gasteiger partial charge in [-0.3, -0.25) is 0 Å². The molecule has 3 aromatic carbocycles. The monoisotopic (exact) mass is 717 g/mol. The van der Waals surface area contributed by atoms with E-state index in [1.54, 1.807) is 7.11 Å². The van der Waals surface area contributed by atoms with E-state index >= 15 is 0 Å². The van der Waals surface area contributed by atoms with Crippen molar-refractivity contribution in [3.05, 3.63) is 134 Å². The summed E-state index contributed by atoms with van der Waals surface area (Å²) in [6.07, 6.45) is 13.4. The molecule has 1 aliphatic rings. The Kier molecular flexibility index (Phi) is 18.2. The SMILES string of the molecule is [CH2-]COCCCOc1ccc(C2C=CC=C(C)C=C2)cc1.[CH2-]Cc1ccc(-c2cccc(OCCCOC)c2)cc1.[Ho]. The van der Waals surface area contributed by atoms with E-state index in [0.29, 0.717) is 32.3 Å². The van der Waals surface area contributed by atoms with Crippen LogP contribution in [0.1, 0.15) is 36.8 Å². The Morgan fingerprint density at radius 2 is 1.45 bits per heavy atom. The Labute approximate surface area is 283 Å². The maximum absolute atomic E-state index is 5.73. The molecule has 42 heavy (non-hydrogen) atoms. The van der Waals surface area contributed by atoms with Crippen LogP contribution in [0.25, 0.3) is 11.1 Å². The van der Waals surface area contributed by atoms with Gasteiger partial charge in [-0.1, -0.05) is 96.7 Å². The molecule has 0 saturated carbocycles. The van der Waals surface area contributed by atoms with Gasteiger partial charge >= 0.3 is 0 Å². The molecule has 1 unspecified atom stereocenters. The Hall–Kier alpha value is -2.34. The largest absolute Gasteiger partial charge is 0.494 e. The Morgan fingerprint density at radius 3 is 2.14 bits per heavy atom. The molecule has 229 valence electrons. The number of ether oxygens (including phenoxy) is 4. The van der Waals surface area contributed by atoms with Crippen LogP contribution in [0.15, 0.2) is 109 Å². The minimum atomic E-state index is 0. The van der Waals surface area contributed by atoms with Gasteiger partial charge in [-0.05, 0) is 47.9 Å². The Bertz CT molecular complexity index is 1230. The molecule has 0 bridgehead atoms. The summed E-state index contributed by atoms with van der Waals surface area (Å²) in [5, 5.41) is 0. The number of hydrogen-bond acceptors (Lipinski definition) is 4. The van der Waals surface area contributed by atoms with Crippen molar-refractivity contribution in [3.63, 3.8) is 0 Å². The fraction of sp³-hybridized carbons (Fsp3) is 0.297. The normalized spacial score (nSPS) is 13.7. The molecular formula is C37H44HoO4-2. The van der Waals surface area contributed by atoms with Crippen molar-refractivity contribution in [3.8, 4) is 22.6 Å². The molecule has 1 aliphatic carbocycles. The van der Waals surface area contributed by atoms with Crippen molar-refractivity contribution in [2.75, 3.05) is 40.1 Å². The van der Waals surface area contributed by atoms with Gasteiger partial charge in [0.05, 0.1) is 13.2 Å². The second-order valence-electron chi connectivity index (χ2n) is 9.73. The van der Waals surface area contributed by atoms with Crippen molar-refractivity contribution in [2.24, 2.45) is 0 Å². The minimum absolute atomic E-state index is 0. The second-order valence-corrected chi connectivity index (χ2v) is 9.73. The number of hydrogen-bond donors (Lipinski definition) is 0. The van der Waals surface area contributed by atoms with Gasteiger partial charge in [0.1, 0.15) is 11.5 Å². The molecule has 0 N–H and O–H groups in total. The summed E-state index contributed by atoms with van der Waals surface area (Å²) in [4.78, 5) is 0. The number of allylic oxidation sites excluding steroid dienone is 6. The van der Waals surface area contributed by atoms with Crippen molar-refractivity contribution in [2.45, 2.75) is 32.1 Å². The van der Waals surface area contributed by atoms with Gasteiger partial charge in [-0.25, -0.2) is 0 Å². The first-order chi connectivity index (χ1) is 20.1. The molecule has 0 heterocycles. The number of methoxy groups -OCH3 is 1. The first kappa shape index (κ1) is 35.9. The van der Waals surface area contributed by atoms with Gasteiger partial charge in [-0.2, -0.15) is 6.42 Å². The number of rotatable bonds is 14. The first-order valence-electron chi connectivity index (χ1n) is 14.4. The van der Waals surface area contributed by atoms with Gasteiger partial charge in [0, 0.05) is 76.8 Å². The zero-order valence-corrected chi connectivity index (χ0v) is 26.8. The summed E-state index contributed by atoms with van der Waals surface area (Å²) in [6.45, 7) is 12.9. The Morgan fingerprint density at radius 1 is 0.738 bits per heavy atom. The number of benzene rings is 3. The maximum Gasteiger partial charge on any atom is 0.119 e. The first-order valence-corrected chi connectivity index (χ1v) is 14.4. The summed E-state index contributed by atoms with van der Waals surface area (Å²) >= 11 is 0. The molecule has 0 amide bonds. The van der Waals surface area contributed by atoms with Crippen molar-refractivity contribution < 1.29 is 56.7 Å². The van der Waals surface area contributed by atoms with Crippen LogP contribution in [-0.2, 0) is 15.9 Å². The van der Waals surface area contributed by atoms with Gasteiger partial charge in [0.15, 0.2) is 0 Å². The van der Waals surface area contributed by atoms with Crippen LogP contribution in [0.2, 0.25) is 0 Å². The molecule has 1 radical (unpaired) electrons. The minimum Gasteiger partial charge on any atom is -0.494 e. The summed E-state index contributed by atoms with van der Waals surface area (Å²) in [5.41, 5.74) is 6.17. The molecule has 0 saturated heterocycles. The van der Waals surface area contributed by atoms with Crippen LogP contribution in [0.4, 0.5) is 0 Å². The van der Waals surface area contributed by atoms with Crippen LogP contribution < -0.4 is 9.47 Å². The van der Waals surface area contributed by atoms with Crippen LogP contribution in [-0.4, -0.2) is 40.1 Å². The molecule has 0 fully saturated rings. The third-order valence-electron chi connectivity index (χ3n) is 6.53. The zero-order valence-electron chi connectivity index (χ0n) is 24.9. The van der Waals surface area contributed by atoms with E-state index in [-0.39, 0.29) is 37.7 Å². The molecule has 1 atom stereocenters. The van der Waals surface area contributed by atoms with E-state index < -0.39 is 0 Å². The van der Waals surface area contributed by atoms with E-state index in [2.05, 4.69) is 99.7 Å². The zero-order chi connectivity index (χ0) is 29.1. The third kappa shape index (κ3) is 13.3. The van der Waals surface area contributed by atoms with Crippen LogP contribution in [0.5, 0.6) is 11.5 Å². The quantitative estimate of drug-likeness (QED) is 0.0952. The van der Waals surface area contributed by atoms with E-state index in [9.17, 15) is 0 Å². The summed E-state index contributed by atoms with van der Waals surface area (Å²) in [7, 11) is 1.70. The average molecular weight is 718 g/mol. The molecule has 0 aromatic heterocycles. The summed E-state index contributed by atoms with van der Waals surface area (Å²) in [6, 6.07) is 25.0. The van der Waals surface area contributed by atoms with E-state index in [1.165, 1.54) is 27.8 Å². The van der Waals surface area contributed by atoms with E-state index in [4.69, 9.17) is 18.9 Å². The van der Waals surface area contributed by atoms with E-state index in [1.807, 2.05) is 24.3 Å². The van der Waals surface area contributed by atoms with Crippen molar-refractivity contribution >= 4 is 0 Å². The summed E-state index contributed by atoms with van der Waals surface area (Å²) in [5.74, 6) is 2.14. The van der Waals surface area contributed by atoms with Gasteiger partial charge in [-0.15, -0.1) is 0 Å². The van der Waals surface area contributed by atoms with Gasteiger partial charge in [0.2, 0.25) is 0 Å². The van der Waals surface area contributed by atoms with Crippen LogP contribution in [0.3, 0.4) is 0 Å². The Balaban J connectivity index is 0.000000287. The topological polar surface area (TPSA) is 36.9 Å². The average Bonchev–Trinajstić information content (AvgIpc) is 3.24. The molecular weight excluding hydrogens is 673 g/mol. The molecule has 4 rings (SSSR count). The van der Waals surface area contributed by atoms with Crippen LogP contribution >= 0.6 is 0 Å². The molecule has 3 aromatic rings. The smallest absolute Gasteiger partial charge is 0.119 e. The maximum atomic E-state index is 5.73. The van der Waals surface area contributed by atoms with Gasteiger partial charge in [0.25, 0.3) is 0 Å². The summed E-state index contributed by atoms with van der Waals surface area (Å²) < 4.78 is 21.6. The molecule has 5 heteroatoms. The van der Waals surface area contributed by atoms with Gasteiger partial charge < -0.3 is 32.8 Å². The molecule has 0 aliphatic heterocycles. The molecule has 4 nitrogen and oxygen atoms in total. The standard InChI is InChI=1S/C19H23O2.C18H21O2.Ho/c1-3-20-14-5-15-21-19-12-10-18(11-13-19)17-7-4-6-16(2)8-9-17;1-3-15-8-10-16(11-9-15)17-6-4-7-18(14-17)20-13-5-12-19-2;/h4,6-13,17H,1,3,5,14-15H2,2H3;4,6-11,14H,1,3,5,12-13H2,2H3;/q2*-1;. The predicted molar refractivity (Wildman–Crippen MR) is 170 cm³/mol. The van der Waals surface area contributed by atoms with Crippen molar-refractivity contribution in [1.29, 1.82) is 0 Å². The van der Waals surface area contributed by atoms with Crippen LogP contribution in [0, 0.1) is 51.6 Å². The third-order valence-corrected chi connectivity index (χ3v) is 6.53. The fourth-order valence-electron chi connectivity index (χ4n) is 4.19.